The van der Waals surface area contributed by atoms with Crippen LogP contribution in [0.25, 0.3) is 12.2 Å². The van der Waals surface area contributed by atoms with Crippen molar-refractivity contribution in [1.82, 2.24) is 4.90 Å². The van der Waals surface area contributed by atoms with E-state index in [4.69, 9.17) is 5.73 Å². The van der Waals surface area contributed by atoms with Crippen molar-refractivity contribution in [1.29, 1.82) is 0 Å². The lowest BCUT2D eigenvalue weighted by atomic mass is 10.0. The Labute approximate surface area is 143 Å². The molecule has 0 radical (unpaired) electrons. The van der Waals surface area contributed by atoms with Gasteiger partial charge < -0.3 is 10.6 Å². The molecule has 3 nitrogen and oxygen atoms in total. The maximum absolute atomic E-state index is 5.92. The zero-order valence-corrected chi connectivity index (χ0v) is 13.8. The van der Waals surface area contributed by atoms with E-state index in [0.717, 1.165) is 17.8 Å². The van der Waals surface area contributed by atoms with Crippen LogP contribution in [-0.2, 0) is 6.42 Å². The summed E-state index contributed by atoms with van der Waals surface area (Å²) >= 11 is 0. The number of guanidine groups is 1. The van der Waals surface area contributed by atoms with Gasteiger partial charge in [-0.25, -0.2) is 4.99 Å². The van der Waals surface area contributed by atoms with E-state index < -0.39 is 0 Å². The van der Waals surface area contributed by atoms with Gasteiger partial charge in [-0.3, -0.25) is 0 Å². The van der Waals surface area contributed by atoms with Crippen molar-refractivity contribution in [2.75, 3.05) is 7.05 Å². The van der Waals surface area contributed by atoms with Gasteiger partial charge in [-0.2, -0.15) is 0 Å². The van der Waals surface area contributed by atoms with Crippen LogP contribution >= 0.6 is 0 Å². The number of hydrogen-bond donors (Lipinski definition) is 1. The van der Waals surface area contributed by atoms with Gasteiger partial charge in [-0.05, 0) is 22.8 Å². The zero-order chi connectivity index (χ0) is 16.9. The molecule has 0 aromatic heterocycles. The molecule has 2 aromatic rings. The molecule has 3 rings (SSSR count). The second-order valence-corrected chi connectivity index (χ2v) is 5.82. The van der Waals surface area contributed by atoms with Crippen molar-refractivity contribution in [3.63, 3.8) is 0 Å². The van der Waals surface area contributed by atoms with Crippen molar-refractivity contribution in [3.8, 4) is 0 Å². The molecule has 2 N–H and O–H groups in total. The molecule has 120 valence electrons. The summed E-state index contributed by atoms with van der Waals surface area (Å²) in [5.41, 5.74) is 11.3. The van der Waals surface area contributed by atoms with E-state index in [1.807, 2.05) is 31.3 Å². The molecule has 2 aromatic carbocycles. The second kappa shape index (κ2) is 7.01. The van der Waals surface area contributed by atoms with Gasteiger partial charge in [0.25, 0.3) is 0 Å². The minimum atomic E-state index is 0.484. The molecular formula is C21H21N3. The Hall–Kier alpha value is -3.07. The molecule has 0 aliphatic carbocycles. The van der Waals surface area contributed by atoms with Gasteiger partial charge in [-0.1, -0.05) is 73.3 Å². The van der Waals surface area contributed by atoms with Gasteiger partial charge >= 0.3 is 0 Å². The molecule has 1 aliphatic rings. The molecule has 0 saturated carbocycles. The fourth-order valence-corrected chi connectivity index (χ4v) is 2.55. The molecule has 3 heteroatoms. The third kappa shape index (κ3) is 3.82. The molecule has 24 heavy (non-hydrogen) atoms. The molecule has 0 atom stereocenters. The number of benzene rings is 2. The van der Waals surface area contributed by atoms with Crippen molar-refractivity contribution >= 4 is 18.1 Å². The monoisotopic (exact) mass is 315 g/mol. The van der Waals surface area contributed by atoms with Crippen molar-refractivity contribution < 1.29 is 0 Å². The predicted molar refractivity (Wildman–Crippen MR) is 102 cm³/mol. The first-order valence-electron chi connectivity index (χ1n) is 7.91. The number of nitrogens with zero attached hydrogens (tertiary/aromatic N) is 2. The smallest absolute Gasteiger partial charge is 0.200 e. The quantitative estimate of drug-likeness (QED) is 0.865. The second-order valence-electron chi connectivity index (χ2n) is 5.82. The van der Waals surface area contributed by atoms with Crippen molar-refractivity contribution in [3.05, 3.63) is 95.3 Å². The van der Waals surface area contributed by atoms with Gasteiger partial charge in [0.15, 0.2) is 5.96 Å². The summed E-state index contributed by atoms with van der Waals surface area (Å²) in [5, 5.41) is 0. The van der Waals surface area contributed by atoms with Crippen LogP contribution in [0, 0.1) is 0 Å². The Kier molecular flexibility index (Phi) is 4.62. The highest BCUT2D eigenvalue weighted by molar-refractivity contribution is 5.82. The average Bonchev–Trinajstić information content (AvgIpc) is 2.59. The lowest BCUT2D eigenvalue weighted by Gasteiger charge is -2.23. The van der Waals surface area contributed by atoms with E-state index in [1.165, 1.54) is 16.7 Å². The molecule has 0 amide bonds. The van der Waals surface area contributed by atoms with Crippen LogP contribution in [0.5, 0.6) is 0 Å². The number of likely N-dealkylation sites (N-methyl/N-ethyl adjacent to an activating group) is 1. The summed E-state index contributed by atoms with van der Waals surface area (Å²) in [6.07, 6.45) is 6.95. The maximum atomic E-state index is 5.92. The Morgan fingerprint density at radius 2 is 1.75 bits per heavy atom. The summed E-state index contributed by atoms with van der Waals surface area (Å²) in [5.74, 6) is 0.484. The molecule has 0 unspecified atom stereocenters. The molecule has 0 bridgehead atoms. The largest absolute Gasteiger partial charge is 0.369 e. The lowest BCUT2D eigenvalue weighted by Crippen LogP contribution is -2.34. The highest BCUT2D eigenvalue weighted by Crippen LogP contribution is 2.19. The van der Waals surface area contributed by atoms with Crippen LogP contribution in [0.15, 0.2) is 83.6 Å². The van der Waals surface area contributed by atoms with Crippen LogP contribution in [0.2, 0.25) is 0 Å². The van der Waals surface area contributed by atoms with Gasteiger partial charge in [0.2, 0.25) is 0 Å². The van der Waals surface area contributed by atoms with Crippen LogP contribution in [0.3, 0.4) is 0 Å². The number of aliphatic imine (C=N–C) groups is 1. The molecule has 0 fully saturated rings. The van der Waals surface area contributed by atoms with Crippen LogP contribution < -0.4 is 5.73 Å². The molecule has 0 spiro atoms. The highest BCUT2D eigenvalue weighted by atomic mass is 15.2. The number of rotatable bonds is 4. The number of hydrogen-bond acceptors (Lipinski definition) is 3. The zero-order valence-electron chi connectivity index (χ0n) is 13.8. The van der Waals surface area contributed by atoms with E-state index in [2.05, 4.69) is 60.1 Å². The normalized spacial score (nSPS) is 14.7. The topological polar surface area (TPSA) is 41.6 Å². The lowest BCUT2D eigenvalue weighted by molar-refractivity contribution is 0.627. The summed E-state index contributed by atoms with van der Waals surface area (Å²) < 4.78 is 0. The standard InChI is InChI=1S/C21H21N3/c1-16-13-20(23-21(22)24(16)2)15-19-10-6-9-18(14-19)12-11-17-7-4-3-5-8-17/h3-14H,1,15H2,2H3,(H2,22,23)/b12-11+. The Morgan fingerprint density at radius 3 is 2.50 bits per heavy atom. The van der Waals surface area contributed by atoms with Crippen molar-refractivity contribution in [2.45, 2.75) is 6.42 Å². The molecular weight excluding hydrogens is 294 g/mol. The van der Waals surface area contributed by atoms with E-state index >= 15 is 0 Å². The van der Waals surface area contributed by atoms with Gasteiger partial charge in [-0.15, -0.1) is 0 Å². The third-order valence-corrected chi connectivity index (χ3v) is 3.97. The Morgan fingerprint density at radius 1 is 1.04 bits per heavy atom. The fourth-order valence-electron chi connectivity index (χ4n) is 2.55. The van der Waals surface area contributed by atoms with Gasteiger partial charge in [0, 0.05) is 19.2 Å². The average molecular weight is 315 g/mol. The number of nitrogens with two attached hydrogens (primary N) is 1. The van der Waals surface area contributed by atoms with E-state index in [-0.39, 0.29) is 0 Å². The van der Waals surface area contributed by atoms with Crippen LogP contribution in [-0.4, -0.2) is 17.9 Å². The minimum absolute atomic E-state index is 0.484. The SMILES string of the molecule is C=C1C=C(Cc2cccc(/C=C/c3ccccc3)c2)N=C(N)N1C. The minimum Gasteiger partial charge on any atom is -0.369 e. The van der Waals surface area contributed by atoms with Crippen LogP contribution in [0.4, 0.5) is 0 Å². The molecule has 0 saturated heterocycles. The summed E-state index contributed by atoms with van der Waals surface area (Å²) in [4.78, 5) is 6.22. The Bertz CT molecular complexity index is 829. The number of allylic oxidation sites excluding steroid dienone is 2. The summed E-state index contributed by atoms with van der Waals surface area (Å²) in [6, 6.07) is 18.7. The Balaban J connectivity index is 1.76. The first kappa shape index (κ1) is 15.8. The van der Waals surface area contributed by atoms with Crippen molar-refractivity contribution in [2.24, 2.45) is 10.7 Å². The van der Waals surface area contributed by atoms with Gasteiger partial charge in [0.05, 0.1) is 5.70 Å². The first-order valence-corrected chi connectivity index (χ1v) is 7.91. The summed E-state index contributed by atoms with van der Waals surface area (Å²) in [6.45, 7) is 4.00. The van der Waals surface area contributed by atoms with Gasteiger partial charge in [0.1, 0.15) is 0 Å². The molecule has 1 heterocycles. The van der Waals surface area contributed by atoms with E-state index in [1.54, 1.807) is 4.90 Å². The van der Waals surface area contributed by atoms with E-state index in [0.29, 0.717) is 5.96 Å². The predicted octanol–water partition coefficient (Wildman–Crippen LogP) is 4.06. The highest BCUT2D eigenvalue weighted by Gasteiger charge is 2.12. The third-order valence-electron chi connectivity index (χ3n) is 3.97. The molecule has 1 aliphatic heterocycles. The fraction of sp³-hybridized carbons (Fsp3) is 0.0952. The van der Waals surface area contributed by atoms with E-state index in [9.17, 15) is 0 Å². The van der Waals surface area contributed by atoms with Crippen LogP contribution in [0.1, 0.15) is 16.7 Å². The maximum Gasteiger partial charge on any atom is 0.200 e. The first-order chi connectivity index (χ1) is 11.6. The summed E-state index contributed by atoms with van der Waals surface area (Å²) in [7, 11) is 1.86.